The number of hydrogen-bond acceptors (Lipinski definition) is 9. The Morgan fingerprint density at radius 2 is 1.85 bits per heavy atom. The van der Waals surface area contributed by atoms with Crippen molar-refractivity contribution in [1.82, 2.24) is 4.57 Å². The third-order valence-electron chi connectivity index (χ3n) is 5.83. The number of allylic oxidation sites excluding steroid dienone is 1. The summed E-state index contributed by atoms with van der Waals surface area (Å²) in [5.74, 6) is 0.355. The number of thiazole rings is 1. The van der Waals surface area contributed by atoms with Crippen LogP contribution in [0.1, 0.15) is 51.8 Å². The molecular weight excluding hydrogens is 520 g/mol. The number of rotatable bonds is 8. The fraction of sp³-hybridized carbons (Fsp3) is 0.310. The topological polar surface area (TPSA) is 105 Å². The smallest absolute Gasteiger partial charge is 0.338 e. The van der Waals surface area contributed by atoms with Gasteiger partial charge >= 0.3 is 11.9 Å². The Balaban J connectivity index is 1.88. The van der Waals surface area contributed by atoms with E-state index in [-0.39, 0.29) is 11.7 Å². The molecule has 1 unspecified atom stereocenters. The maximum Gasteiger partial charge on any atom is 0.338 e. The summed E-state index contributed by atoms with van der Waals surface area (Å²) in [7, 11) is 1.57. The van der Waals surface area contributed by atoms with Crippen LogP contribution >= 0.6 is 11.3 Å². The lowest BCUT2D eigenvalue weighted by Gasteiger charge is -2.25. The Kier molecular flexibility index (Phi) is 8.35. The lowest BCUT2D eigenvalue weighted by atomic mass is 9.96. The van der Waals surface area contributed by atoms with Gasteiger partial charge in [-0.25, -0.2) is 9.79 Å². The molecule has 0 saturated carbocycles. The average molecular weight is 551 g/mol. The molecule has 0 N–H and O–H groups in total. The molecule has 1 aromatic heterocycles. The van der Waals surface area contributed by atoms with E-state index >= 15 is 0 Å². The zero-order valence-electron chi connectivity index (χ0n) is 22.6. The quantitative estimate of drug-likeness (QED) is 0.312. The highest BCUT2D eigenvalue weighted by Crippen LogP contribution is 2.32. The predicted octanol–water partition coefficient (Wildman–Crippen LogP) is 3.52. The zero-order valence-corrected chi connectivity index (χ0v) is 23.5. The van der Waals surface area contributed by atoms with Gasteiger partial charge in [0.2, 0.25) is 0 Å². The lowest BCUT2D eigenvalue weighted by molar-refractivity contribution is -0.143. The molecule has 1 atom stereocenters. The summed E-state index contributed by atoms with van der Waals surface area (Å²) in [4.78, 5) is 43.6. The highest BCUT2D eigenvalue weighted by Gasteiger charge is 2.33. The number of nitrogens with zero attached hydrogens (tertiary/aromatic N) is 2. The van der Waals surface area contributed by atoms with Crippen molar-refractivity contribution in [2.75, 3.05) is 13.7 Å². The van der Waals surface area contributed by atoms with Crippen LogP contribution in [0.4, 0.5) is 0 Å². The van der Waals surface area contributed by atoms with Crippen LogP contribution in [0.15, 0.2) is 63.5 Å². The highest BCUT2D eigenvalue weighted by molar-refractivity contribution is 7.07. The molecule has 0 aliphatic carbocycles. The van der Waals surface area contributed by atoms with Gasteiger partial charge < -0.3 is 18.9 Å². The minimum absolute atomic E-state index is 0.298. The van der Waals surface area contributed by atoms with Crippen LogP contribution < -0.4 is 29.1 Å². The maximum absolute atomic E-state index is 13.8. The summed E-state index contributed by atoms with van der Waals surface area (Å²) < 4.78 is 23.7. The number of aromatic nitrogens is 1. The van der Waals surface area contributed by atoms with Crippen LogP contribution in [-0.2, 0) is 14.3 Å². The van der Waals surface area contributed by atoms with E-state index in [9.17, 15) is 14.4 Å². The van der Waals surface area contributed by atoms with Gasteiger partial charge in [-0.2, -0.15) is 0 Å². The molecule has 0 fully saturated rings. The predicted molar refractivity (Wildman–Crippen MR) is 147 cm³/mol. The first-order chi connectivity index (χ1) is 18.6. The van der Waals surface area contributed by atoms with Gasteiger partial charge in [0.25, 0.3) is 5.56 Å². The first-order valence-electron chi connectivity index (χ1n) is 12.5. The van der Waals surface area contributed by atoms with Crippen LogP contribution in [0.5, 0.6) is 17.2 Å². The molecule has 2 aromatic carbocycles. The SMILES string of the molecule is CCOc1cc(C=c2sc3n(c2=O)C(c2ccc(OC)cc2)C(C(=O)OC(C)C)=C(C)N=3)ccc1OC(C)=O. The van der Waals surface area contributed by atoms with Crippen molar-refractivity contribution in [1.29, 1.82) is 0 Å². The van der Waals surface area contributed by atoms with Crippen LogP contribution in [0.25, 0.3) is 6.08 Å². The van der Waals surface area contributed by atoms with E-state index < -0.39 is 18.0 Å². The van der Waals surface area contributed by atoms with E-state index in [4.69, 9.17) is 18.9 Å². The summed E-state index contributed by atoms with van der Waals surface area (Å²) in [6.07, 6.45) is 1.38. The largest absolute Gasteiger partial charge is 0.497 e. The summed E-state index contributed by atoms with van der Waals surface area (Å²) in [6, 6.07) is 11.5. The molecule has 1 aliphatic heterocycles. The Morgan fingerprint density at radius 1 is 1.13 bits per heavy atom. The van der Waals surface area contributed by atoms with Gasteiger partial charge in [0.15, 0.2) is 16.3 Å². The van der Waals surface area contributed by atoms with Gasteiger partial charge in [0.05, 0.1) is 41.7 Å². The molecule has 4 rings (SSSR count). The third-order valence-corrected chi connectivity index (χ3v) is 6.82. The first-order valence-corrected chi connectivity index (χ1v) is 13.3. The molecule has 0 saturated heterocycles. The van der Waals surface area contributed by atoms with E-state index in [1.807, 2.05) is 19.1 Å². The average Bonchev–Trinajstić information content (AvgIpc) is 3.18. The second-order valence-corrected chi connectivity index (χ2v) is 10.1. The van der Waals surface area contributed by atoms with E-state index in [2.05, 4.69) is 4.99 Å². The number of carbonyl (C=O) groups excluding carboxylic acids is 2. The van der Waals surface area contributed by atoms with Crippen LogP contribution in [0.2, 0.25) is 0 Å². The van der Waals surface area contributed by atoms with Crippen LogP contribution in [0.3, 0.4) is 0 Å². The minimum atomic E-state index is -0.731. The summed E-state index contributed by atoms with van der Waals surface area (Å²) in [6.45, 7) is 8.80. The molecule has 0 spiro atoms. The van der Waals surface area contributed by atoms with E-state index in [0.29, 0.717) is 50.0 Å². The number of fused-ring (bicyclic) bond motifs is 1. The summed E-state index contributed by atoms with van der Waals surface area (Å²) in [5, 5.41) is 0. The highest BCUT2D eigenvalue weighted by atomic mass is 32.1. The van der Waals surface area contributed by atoms with Crippen molar-refractivity contribution in [3.63, 3.8) is 0 Å². The molecule has 3 aromatic rings. The monoisotopic (exact) mass is 550 g/mol. The molecule has 2 heterocycles. The second-order valence-electron chi connectivity index (χ2n) is 9.04. The van der Waals surface area contributed by atoms with Gasteiger partial charge in [-0.1, -0.05) is 29.5 Å². The molecule has 9 nitrogen and oxygen atoms in total. The standard InChI is InChI=1S/C29H30N2O7S/c1-7-36-23-14-19(8-13-22(23)38-18(5)32)15-24-27(33)31-26(20-9-11-21(35-6)12-10-20)25(28(34)37-16(2)3)17(4)30-29(31)39-24/h8-16,26H,7H2,1-6H3. The molecule has 0 bridgehead atoms. The Labute approximate surface area is 229 Å². The number of hydrogen-bond donors (Lipinski definition) is 0. The minimum Gasteiger partial charge on any atom is -0.497 e. The van der Waals surface area contributed by atoms with E-state index in [1.54, 1.807) is 64.3 Å². The van der Waals surface area contributed by atoms with Gasteiger partial charge in [0.1, 0.15) is 5.75 Å². The van der Waals surface area contributed by atoms with Gasteiger partial charge in [-0.3, -0.25) is 14.2 Å². The molecular formula is C29H30N2O7S. The molecule has 1 aliphatic rings. The third kappa shape index (κ3) is 5.96. The van der Waals surface area contributed by atoms with E-state index in [0.717, 1.165) is 5.56 Å². The van der Waals surface area contributed by atoms with E-state index in [1.165, 1.54) is 22.8 Å². The zero-order chi connectivity index (χ0) is 28.3. The fourth-order valence-electron chi connectivity index (χ4n) is 4.24. The number of benzene rings is 2. The second kappa shape index (κ2) is 11.7. The van der Waals surface area contributed by atoms with Crippen LogP contribution in [-0.4, -0.2) is 36.3 Å². The van der Waals surface area contributed by atoms with Crippen molar-refractivity contribution in [2.24, 2.45) is 4.99 Å². The Hall–Kier alpha value is -4.18. The fourth-order valence-corrected chi connectivity index (χ4v) is 5.28. The van der Waals surface area contributed by atoms with Gasteiger partial charge in [-0.05, 0) is 69.2 Å². The van der Waals surface area contributed by atoms with Gasteiger partial charge in [-0.15, -0.1) is 0 Å². The Bertz CT molecular complexity index is 1610. The van der Waals surface area contributed by atoms with Gasteiger partial charge in [0, 0.05) is 6.92 Å². The maximum atomic E-state index is 13.8. The first kappa shape index (κ1) is 27.8. The van der Waals surface area contributed by atoms with Crippen molar-refractivity contribution in [2.45, 2.75) is 46.8 Å². The van der Waals surface area contributed by atoms with Crippen molar-refractivity contribution in [3.05, 3.63) is 84.5 Å². The van der Waals surface area contributed by atoms with Crippen molar-refractivity contribution >= 4 is 29.4 Å². The number of ether oxygens (including phenoxy) is 4. The Morgan fingerprint density at radius 3 is 2.46 bits per heavy atom. The molecule has 10 heteroatoms. The lowest BCUT2D eigenvalue weighted by Crippen LogP contribution is -2.40. The van der Waals surface area contributed by atoms with Crippen molar-refractivity contribution in [3.8, 4) is 17.2 Å². The molecule has 0 amide bonds. The van der Waals surface area contributed by atoms with Crippen molar-refractivity contribution < 1.29 is 28.5 Å². The molecule has 0 radical (unpaired) electrons. The summed E-state index contributed by atoms with van der Waals surface area (Å²) in [5.41, 5.74) is 1.88. The summed E-state index contributed by atoms with van der Waals surface area (Å²) >= 11 is 1.22. The van der Waals surface area contributed by atoms with Crippen LogP contribution in [0, 0.1) is 0 Å². The number of methoxy groups -OCH3 is 1. The number of esters is 2. The normalized spacial score (nSPS) is 15.1. The molecule has 39 heavy (non-hydrogen) atoms. The molecule has 204 valence electrons. The number of carbonyl (C=O) groups is 2.